The molecule has 1 heterocycles. The number of amides is 1. The lowest BCUT2D eigenvalue weighted by Gasteiger charge is -2.10. The van der Waals surface area contributed by atoms with Gasteiger partial charge < -0.3 is 15.8 Å². The average Bonchev–Trinajstić information content (AvgIpc) is 2.50. The third-order valence-electron chi connectivity index (χ3n) is 3.09. The van der Waals surface area contributed by atoms with Crippen LogP contribution in [-0.2, 0) is 6.54 Å². The molecule has 0 aliphatic heterocycles. The van der Waals surface area contributed by atoms with Crippen LogP contribution in [0.4, 0.5) is 5.82 Å². The largest absolute Gasteiger partial charge is 0.421 e. The third-order valence-corrected chi connectivity index (χ3v) is 3.09. The summed E-state index contributed by atoms with van der Waals surface area (Å²) >= 11 is 0. The lowest BCUT2D eigenvalue weighted by atomic mass is 10.1. The summed E-state index contributed by atoms with van der Waals surface area (Å²) in [5.74, 6) is -0.753. The Hall–Kier alpha value is -3.03. The number of nitrogens with one attached hydrogen (secondary N) is 3. The van der Waals surface area contributed by atoms with Crippen LogP contribution in [0.5, 0.6) is 0 Å². The molecule has 0 aliphatic rings. The standard InChI is InChI=1S/C14H16N4O4/c1-8-4-3-5-9(6-8)7-16-12(19)10-11(15-2)17-14(21)18(22)13(10)20/h3-6,15,22H,7H2,1-2H3,(H,16,19)(H,17,21). The SMILES string of the molecule is CNc1[nH]c(=O)n(O)c(=O)c1C(=O)NCc1cccc(C)c1. The van der Waals surface area contributed by atoms with E-state index in [9.17, 15) is 19.6 Å². The Kier molecular flexibility index (Phi) is 4.31. The highest BCUT2D eigenvalue weighted by molar-refractivity contribution is 5.98. The molecule has 1 aromatic heterocycles. The summed E-state index contributed by atoms with van der Waals surface area (Å²) in [7, 11) is 1.45. The fraction of sp³-hybridized carbons (Fsp3) is 0.214. The number of anilines is 1. The molecule has 0 bridgehead atoms. The van der Waals surface area contributed by atoms with Gasteiger partial charge in [0.25, 0.3) is 5.91 Å². The van der Waals surface area contributed by atoms with E-state index in [1.54, 1.807) is 0 Å². The number of hydrogen-bond donors (Lipinski definition) is 4. The normalized spacial score (nSPS) is 10.3. The first-order valence-electron chi connectivity index (χ1n) is 6.54. The van der Waals surface area contributed by atoms with E-state index >= 15 is 0 Å². The van der Waals surface area contributed by atoms with Gasteiger partial charge in [-0.05, 0) is 12.5 Å². The van der Waals surface area contributed by atoms with Crippen LogP contribution in [0.3, 0.4) is 0 Å². The molecular formula is C14H16N4O4. The fourth-order valence-corrected chi connectivity index (χ4v) is 2.02. The van der Waals surface area contributed by atoms with Crippen LogP contribution in [0.1, 0.15) is 21.5 Å². The van der Waals surface area contributed by atoms with Crippen LogP contribution in [0, 0.1) is 6.92 Å². The van der Waals surface area contributed by atoms with Gasteiger partial charge in [-0.15, -0.1) is 0 Å². The molecule has 1 aromatic carbocycles. The zero-order chi connectivity index (χ0) is 16.3. The zero-order valence-electron chi connectivity index (χ0n) is 12.1. The van der Waals surface area contributed by atoms with E-state index in [1.165, 1.54) is 7.05 Å². The summed E-state index contributed by atoms with van der Waals surface area (Å²) < 4.78 is -0.136. The first kappa shape index (κ1) is 15.4. The maximum atomic E-state index is 12.2. The molecule has 0 radical (unpaired) electrons. The van der Waals surface area contributed by atoms with Gasteiger partial charge in [-0.3, -0.25) is 14.6 Å². The molecule has 22 heavy (non-hydrogen) atoms. The molecule has 0 aliphatic carbocycles. The van der Waals surface area contributed by atoms with E-state index < -0.39 is 17.2 Å². The van der Waals surface area contributed by atoms with Crippen molar-refractivity contribution in [2.45, 2.75) is 13.5 Å². The second-order valence-electron chi connectivity index (χ2n) is 4.72. The number of nitrogens with zero attached hydrogens (tertiary/aromatic N) is 1. The highest BCUT2D eigenvalue weighted by Gasteiger charge is 2.19. The van der Waals surface area contributed by atoms with Crippen LogP contribution in [0.15, 0.2) is 33.9 Å². The monoisotopic (exact) mass is 304 g/mol. The summed E-state index contributed by atoms with van der Waals surface area (Å²) in [6.07, 6.45) is 0. The molecular weight excluding hydrogens is 288 g/mol. The van der Waals surface area contributed by atoms with Gasteiger partial charge in [0.1, 0.15) is 11.4 Å². The maximum Gasteiger partial charge on any atom is 0.363 e. The van der Waals surface area contributed by atoms with E-state index in [2.05, 4.69) is 15.6 Å². The Morgan fingerprint density at radius 2 is 2.09 bits per heavy atom. The highest BCUT2D eigenvalue weighted by Crippen LogP contribution is 2.06. The van der Waals surface area contributed by atoms with E-state index in [1.807, 2.05) is 31.2 Å². The molecule has 2 rings (SSSR count). The minimum Gasteiger partial charge on any atom is -0.421 e. The molecule has 2 aromatic rings. The molecule has 0 fully saturated rings. The zero-order valence-corrected chi connectivity index (χ0v) is 12.1. The van der Waals surface area contributed by atoms with Crippen LogP contribution in [-0.4, -0.2) is 27.9 Å². The predicted molar refractivity (Wildman–Crippen MR) is 80.4 cm³/mol. The van der Waals surface area contributed by atoms with Crippen LogP contribution in [0.25, 0.3) is 0 Å². The Morgan fingerprint density at radius 3 is 2.73 bits per heavy atom. The quantitative estimate of drug-likeness (QED) is 0.596. The van der Waals surface area contributed by atoms with Crippen LogP contribution < -0.4 is 21.9 Å². The molecule has 8 nitrogen and oxygen atoms in total. The summed E-state index contributed by atoms with van der Waals surface area (Å²) in [4.78, 5) is 37.5. The number of carbonyl (C=O) groups excluding carboxylic acids is 1. The summed E-state index contributed by atoms with van der Waals surface area (Å²) in [5.41, 5.74) is -0.561. The Bertz CT molecular complexity index is 822. The minimum atomic E-state index is -1.09. The fourth-order valence-electron chi connectivity index (χ4n) is 2.02. The van der Waals surface area contributed by atoms with Gasteiger partial charge in [-0.2, -0.15) is 0 Å². The van der Waals surface area contributed by atoms with Crippen molar-refractivity contribution >= 4 is 11.7 Å². The van der Waals surface area contributed by atoms with Crippen molar-refractivity contribution in [3.63, 3.8) is 0 Å². The molecule has 0 saturated carbocycles. The minimum absolute atomic E-state index is 0.0537. The number of H-pyrrole nitrogens is 1. The molecule has 4 N–H and O–H groups in total. The number of benzene rings is 1. The van der Waals surface area contributed by atoms with Crippen LogP contribution >= 0.6 is 0 Å². The predicted octanol–water partition coefficient (Wildman–Crippen LogP) is 0.0540. The van der Waals surface area contributed by atoms with Crippen molar-refractivity contribution in [3.8, 4) is 0 Å². The first-order valence-corrected chi connectivity index (χ1v) is 6.54. The maximum absolute atomic E-state index is 12.2. The lowest BCUT2D eigenvalue weighted by Crippen LogP contribution is -2.40. The number of hydrogen-bond acceptors (Lipinski definition) is 5. The van der Waals surface area contributed by atoms with Gasteiger partial charge in [0.05, 0.1) is 0 Å². The number of aromatic amines is 1. The van der Waals surface area contributed by atoms with Gasteiger partial charge in [0.15, 0.2) is 0 Å². The van der Waals surface area contributed by atoms with E-state index in [0.29, 0.717) is 0 Å². The second kappa shape index (κ2) is 6.17. The molecule has 116 valence electrons. The van der Waals surface area contributed by atoms with E-state index in [0.717, 1.165) is 11.1 Å². The Morgan fingerprint density at radius 1 is 1.36 bits per heavy atom. The van der Waals surface area contributed by atoms with Crippen molar-refractivity contribution in [1.29, 1.82) is 0 Å². The van der Waals surface area contributed by atoms with Crippen LogP contribution in [0.2, 0.25) is 0 Å². The molecule has 8 heteroatoms. The van der Waals surface area contributed by atoms with Gasteiger partial charge in [-0.25, -0.2) is 4.79 Å². The van der Waals surface area contributed by atoms with Gasteiger partial charge in [0, 0.05) is 13.6 Å². The number of rotatable bonds is 4. The van der Waals surface area contributed by atoms with E-state index in [-0.39, 0.29) is 22.7 Å². The number of aryl methyl sites for hydroxylation is 1. The Labute approximate surface area is 125 Å². The second-order valence-corrected chi connectivity index (χ2v) is 4.72. The third kappa shape index (κ3) is 3.00. The van der Waals surface area contributed by atoms with Crippen molar-refractivity contribution in [2.75, 3.05) is 12.4 Å². The summed E-state index contributed by atoms with van der Waals surface area (Å²) in [6, 6.07) is 7.52. The van der Waals surface area contributed by atoms with Gasteiger partial charge in [0.2, 0.25) is 0 Å². The van der Waals surface area contributed by atoms with Crippen molar-refractivity contribution < 1.29 is 10.0 Å². The smallest absolute Gasteiger partial charge is 0.363 e. The number of carbonyl (C=O) groups is 1. The van der Waals surface area contributed by atoms with Crippen molar-refractivity contribution in [1.82, 2.24) is 15.0 Å². The summed E-state index contributed by atoms with van der Waals surface area (Å²) in [6.45, 7) is 2.14. The molecule has 0 atom stereocenters. The molecule has 0 spiro atoms. The number of aromatic nitrogens is 2. The van der Waals surface area contributed by atoms with Crippen molar-refractivity contribution in [3.05, 3.63) is 61.8 Å². The topological polar surface area (TPSA) is 116 Å². The van der Waals surface area contributed by atoms with E-state index in [4.69, 9.17) is 0 Å². The highest BCUT2D eigenvalue weighted by atomic mass is 16.5. The van der Waals surface area contributed by atoms with Gasteiger partial charge in [-0.1, -0.05) is 34.6 Å². The average molecular weight is 304 g/mol. The first-order chi connectivity index (χ1) is 10.4. The molecule has 1 amide bonds. The van der Waals surface area contributed by atoms with Crippen molar-refractivity contribution in [2.24, 2.45) is 0 Å². The van der Waals surface area contributed by atoms with Gasteiger partial charge >= 0.3 is 11.2 Å². The molecule has 0 saturated heterocycles. The summed E-state index contributed by atoms with van der Waals surface area (Å²) in [5, 5.41) is 14.5. The lowest BCUT2D eigenvalue weighted by molar-refractivity contribution is 0.0940. The Balaban J connectivity index is 2.28. The molecule has 0 unspecified atom stereocenters.